The Morgan fingerprint density at radius 2 is 2.33 bits per heavy atom. The summed E-state index contributed by atoms with van der Waals surface area (Å²) in [7, 11) is 3.52. The van der Waals surface area contributed by atoms with E-state index in [9.17, 15) is 0 Å². The molecule has 7 heteroatoms. The minimum atomic E-state index is 1.03. The van der Waals surface area contributed by atoms with Crippen molar-refractivity contribution in [3.8, 4) is 0 Å². The predicted molar refractivity (Wildman–Crippen MR) is 50.7 cm³/mol. The molecule has 0 bridgehead atoms. The second kappa shape index (κ2) is 8.47. The Morgan fingerprint density at radius 3 is 2.89 bits per heavy atom. The van der Waals surface area contributed by atoms with Gasteiger partial charge in [-0.2, -0.15) is 0 Å². The molecule has 0 aliphatic carbocycles. The van der Waals surface area contributed by atoms with Crippen molar-refractivity contribution in [2.24, 2.45) is 4.30 Å². The average Bonchev–Trinajstić information content (AvgIpc) is 1.89. The van der Waals surface area contributed by atoms with Gasteiger partial charge in [0.1, 0.15) is 0 Å². The zero-order valence-corrected chi connectivity index (χ0v) is 6.40. The van der Waals surface area contributed by atoms with Crippen LogP contribution in [0.4, 0.5) is 0 Å². The summed E-state index contributed by atoms with van der Waals surface area (Å²) in [6.45, 7) is 9.26. The van der Waals surface area contributed by atoms with Crippen molar-refractivity contribution in [2.75, 3.05) is 5.75 Å². The molecule has 0 aliphatic heterocycles. The molecule has 0 aromatic rings. The van der Waals surface area contributed by atoms with Gasteiger partial charge in [-0.3, -0.25) is 0 Å². The molecule has 0 N–H and O–H groups in total. The van der Waals surface area contributed by atoms with Crippen LogP contribution in [0.2, 0.25) is 0 Å². The number of hydrogen-bond donors (Lipinski definition) is 0. The van der Waals surface area contributed by atoms with E-state index in [0.29, 0.717) is 0 Å². The van der Waals surface area contributed by atoms with E-state index in [1.54, 1.807) is 25.6 Å². The minimum absolute atomic E-state index is 1.03. The first-order valence-electron chi connectivity index (χ1n) is 2.84. The maximum absolute atomic E-state index is 3.98. The normalized spacial score (nSPS) is 8.00. The third-order valence-electron chi connectivity index (χ3n) is 0.598. The average molecular weight is 130 g/mol. The van der Waals surface area contributed by atoms with Crippen LogP contribution in [-0.2, 0) is 0 Å². The fourth-order valence-corrected chi connectivity index (χ4v) is 0.586. The predicted octanol–water partition coefficient (Wildman–Crippen LogP) is -0.784. The van der Waals surface area contributed by atoms with E-state index in [-0.39, 0.29) is 0 Å². The molecule has 0 atom stereocenters. The van der Waals surface area contributed by atoms with Gasteiger partial charge >= 0.3 is 63.3 Å². The topological polar surface area (TPSA) is 12.4 Å². The fourth-order valence-electron chi connectivity index (χ4n) is 0.281. The van der Waals surface area contributed by atoms with Gasteiger partial charge in [-0.25, -0.2) is 0 Å². The zero-order valence-electron chi connectivity index (χ0n) is 5.58. The van der Waals surface area contributed by atoms with Gasteiger partial charge in [0, 0.05) is 0 Å². The van der Waals surface area contributed by atoms with E-state index < -0.39 is 0 Å². The van der Waals surface area contributed by atoms with Crippen LogP contribution in [0.15, 0.2) is 4.30 Å². The summed E-state index contributed by atoms with van der Waals surface area (Å²) >= 11 is 1.54. The Morgan fingerprint density at radius 1 is 1.56 bits per heavy atom. The molecule has 0 heterocycles. The van der Waals surface area contributed by atoms with Crippen molar-refractivity contribution in [3.63, 3.8) is 0 Å². The van der Waals surface area contributed by atoms with Crippen molar-refractivity contribution >= 4 is 46.4 Å². The Bertz CT molecular complexity index is 122. The molecule has 0 aliphatic rings. The van der Waals surface area contributed by atoms with E-state index in [2.05, 4.69) is 18.6 Å². The summed E-state index contributed by atoms with van der Waals surface area (Å²) in [5.74, 6) is 1.03. The van der Waals surface area contributed by atoms with Crippen molar-refractivity contribution in [1.29, 1.82) is 0 Å². The molecule has 40 valence electrons. The molecule has 0 unspecified atom stereocenters. The monoisotopic (exact) mass is 131 g/mol. The van der Waals surface area contributed by atoms with Crippen LogP contribution in [0.25, 0.3) is 0 Å². The molecule has 0 aromatic heterocycles. The van der Waals surface area contributed by atoms with Gasteiger partial charge in [-0.15, -0.1) is 0 Å². The van der Waals surface area contributed by atoms with Gasteiger partial charge in [0.05, 0.1) is 0 Å². The van der Waals surface area contributed by atoms with Crippen LogP contribution in [0.3, 0.4) is 0 Å². The van der Waals surface area contributed by atoms with Crippen molar-refractivity contribution < 1.29 is 0 Å². The second-order valence-corrected chi connectivity index (χ2v) is 2.34. The first-order chi connectivity index (χ1) is 4.41. The van der Waals surface area contributed by atoms with Crippen LogP contribution in [0.1, 0.15) is 6.92 Å². The molecule has 0 radical (unpaired) electrons. The van der Waals surface area contributed by atoms with E-state index >= 15 is 0 Å². The van der Waals surface area contributed by atoms with E-state index in [1.165, 1.54) is 0 Å². The summed E-state index contributed by atoms with van der Waals surface area (Å²) in [5.41, 5.74) is 0. The molecule has 0 saturated carbocycles. The molecular weight excluding hydrogens is 124 g/mol. The van der Waals surface area contributed by atoms with Crippen LogP contribution in [-0.4, -0.2) is 40.2 Å². The quantitative estimate of drug-likeness (QED) is 0.359. The van der Waals surface area contributed by atoms with Crippen molar-refractivity contribution in [2.45, 2.75) is 6.92 Å². The van der Waals surface area contributed by atoms with E-state index in [0.717, 1.165) is 5.75 Å². The van der Waals surface area contributed by atoms with Crippen molar-refractivity contribution in [1.82, 2.24) is 0 Å². The molecule has 0 saturated heterocycles. The Hall–Kier alpha value is 0.475. The number of rotatable bonds is 4. The molecule has 0 amide bonds. The van der Waals surface area contributed by atoms with Crippen LogP contribution in [0.5, 0.6) is 0 Å². The summed E-state index contributed by atoms with van der Waals surface area (Å²) in [6.07, 6.45) is 0. The summed E-state index contributed by atoms with van der Waals surface area (Å²) in [4.78, 5) is 0. The third kappa shape index (κ3) is 8.47. The second-order valence-electron chi connectivity index (χ2n) is 1.29. The molecule has 0 spiro atoms. The van der Waals surface area contributed by atoms with Gasteiger partial charge in [-0.05, 0) is 0 Å². The number of nitrogens with zero attached hydrogens (tertiary/aromatic N) is 1. The Labute approximate surface area is 63.8 Å². The van der Waals surface area contributed by atoms with Crippen molar-refractivity contribution in [3.05, 3.63) is 0 Å². The molecule has 0 fully saturated rings. The van der Waals surface area contributed by atoms with E-state index in [1.807, 2.05) is 13.4 Å². The number of hydrogen-bond acceptors (Lipinski definition) is 2. The van der Waals surface area contributed by atoms with Gasteiger partial charge < -0.3 is 0 Å². The summed E-state index contributed by atoms with van der Waals surface area (Å²) in [6, 6.07) is 0. The molecule has 9 heavy (non-hydrogen) atoms. The van der Waals surface area contributed by atoms with Crippen LogP contribution < -0.4 is 0 Å². The zero-order chi connectivity index (χ0) is 6.95. The maximum atomic E-state index is 3.98. The van der Waals surface area contributed by atoms with E-state index in [4.69, 9.17) is 0 Å². The van der Waals surface area contributed by atoms with Gasteiger partial charge in [0.15, 0.2) is 0 Å². The molecular formula is C2H6B5NS. The molecule has 1 nitrogen and oxygen atoms in total. The van der Waals surface area contributed by atoms with Gasteiger partial charge in [0.25, 0.3) is 0 Å². The summed E-state index contributed by atoms with van der Waals surface area (Å²) in [5, 5.41) is 0. The SMILES string of the molecule is B=BB=BB=NSCC. The van der Waals surface area contributed by atoms with Gasteiger partial charge in [-0.1, -0.05) is 0 Å². The Kier molecular flexibility index (Phi) is 8.92. The first-order valence-corrected chi connectivity index (χ1v) is 3.79. The van der Waals surface area contributed by atoms with Crippen LogP contribution in [0, 0.1) is 0 Å². The first kappa shape index (κ1) is 9.47. The third-order valence-corrected chi connectivity index (χ3v) is 1.13. The summed E-state index contributed by atoms with van der Waals surface area (Å²) < 4.78 is 3.98. The van der Waals surface area contributed by atoms with Gasteiger partial charge in [0.2, 0.25) is 0 Å². The molecule has 0 aromatic carbocycles. The standard InChI is InChI=1S/C2H6B5NS/c1-2-9-8-7-6-5-4-3/h3H,2H2,1H3. The Balaban J connectivity index is 3.23. The molecule has 0 rings (SSSR count). The fraction of sp³-hybridized carbons (Fsp3) is 1.00. The van der Waals surface area contributed by atoms with Crippen LogP contribution >= 0.6 is 11.9 Å².